The average Bonchev–Trinajstić information content (AvgIpc) is 2.69. The summed E-state index contributed by atoms with van der Waals surface area (Å²) in [5, 5.41) is 12.7. The van der Waals surface area contributed by atoms with E-state index >= 15 is 0 Å². The maximum atomic E-state index is 9.31. The number of nitrogens with zero attached hydrogens (tertiary/aromatic N) is 3. The number of methoxy groups -OCH3 is 1. The second kappa shape index (κ2) is 11.4. The Bertz CT molecular complexity index is 649. The summed E-state index contributed by atoms with van der Waals surface area (Å²) in [6.07, 6.45) is 6.42. The van der Waals surface area contributed by atoms with Gasteiger partial charge in [-0.1, -0.05) is 0 Å². The van der Waals surface area contributed by atoms with Gasteiger partial charge in [-0.2, -0.15) is 5.26 Å². The monoisotopic (exact) mass is 374 g/mol. The zero-order valence-corrected chi connectivity index (χ0v) is 16.5. The van der Waals surface area contributed by atoms with Gasteiger partial charge in [-0.3, -0.25) is 0 Å². The molecule has 1 aromatic carbocycles. The van der Waals surface area contributed by atoms with E-state index in [9.17, 15) is 5.26 Å². The summed E-state index contributed by atoms with van der Waals surface area (Å²) < 4.78 is 16.6. The molecular weight excluding hydrogens is 344 g/mol. The molecule has 1 fully saturated rings. The summed E-state index contributed by atoms with van der Waals surface area (Å²) in [6.45, 7) is 3.08. The first-order valence-electron chi connectivity index (χ1n) is 9.38. The molecule has 0 aliphatic carbocycles. The molecule has 1 unspecified atom stereocenters. The van der Waals surface area contributed by atoms with E-state index in [1.807, 2.05) is 14.1 Å². The molecule has 1 aromatic rings. The van der Waals surface area contributed by atoms with Crippen LogP contribution in [0.1, 0.15) is 31.2 Å². The molecule has 0 saturated carbocycles. The van der Waals surface area contributed by atoms with Crippen LogP contribution in [0.4, 0.5) is 5.69 Å². The lowest BCUT2D eigenvalue weighted by Gasteiger charge is -2.22. The third-order valence-corrected chi connectivity index (χ3v) is 4.43. The van der Waals surface area contributed by atoms with E-state index in [0.29, 0.717) is 29.4 Å². The molecule has 7 nitrogen and oxygen atoms in total. The van der Waals surface area contributed by atoms with Crippen molar-refractivity contribution in [2.75, 3.05) is 47.7 Å². The molecule has 0 spiro atoms. The average molecular weight is 374 g/mol. The van der Waals surface area contributed by atoms with E-state index in [4.69, 9.17) is 14.2 Å². The SMILES string of the molecule is COc1cc(C#N)c(N=CN(C)C)cc1OCOCCCC1CCCNC1. The van der Waals surface area contributed by atoms with Gasteiger partial charge in [0, 0.05) is 26.2 Å². The lowest BCUT2D eigenvalue weighted by atomic mass is 9.95. The predicted octanol–water partition coefficient (Wildman–Crippen LogP) is 2.92. The Morgan fingerprint density at radius 3 is 2.89 bits per heavy atom. The van der Waals surface area contributed by atoms with Crippen molar-refractivity contribution in [1.82, 2.24) is 10.2 Å². The van der Waals surface area contributed by atoms with Gasteiger partial charge in [-0.25, -0.2) is 4.99 Å². The topological polar surface area (TPSA) is 79.1 Å². The second-order valence-corrected chi connectivity index (χ2v) is 6.87. The first-order valence-corrected chi connectivity index (χ1v) is 9.38. The van der Waals surface area contributed by atoms with Crippen LogP contribution in [0.2, 0.25) is 0 Å². The Labute approximate surface area is 161 Å². The molecule has 0 radical (unpaired) electrons. The molecule has 1 heterocycles. The van der Waals surface area contributed by atoms with Crippen molar-refractivity contribution in [2.45, 2.75) is 25.7 Å². The van der Waals surface area contributed by atoms with Crippen LogP contribution in [-0.2, 0) is 4.74 Å². The van der Waals surface area contributed by atoms with Crippen LogP contribution < -0.4 is 14.8 Å². The Balaban J connectivity index is 1.85. The van der Waals surface area contributed by atoms with Crippen LogP contribution in [0.25, 0.3) is 0 Å². The van der Waals surface area contributed by atoms with Gasteiger partial charge in [0.25, 0.3) is 0 Å². The van der Waals surface area contributed by atoms with Crippen LogP contribution in [0.5, 0.6) is 11.5 Å². The van der Waals surface area contributed by atoms with Crippen molar-refractivity contribution < 1.29 is 14.2 Å². The molecule has 1 saturated heterocycles. The number of hydrogen-bond acceptors (Lipinski definition) is 6. The van der Waals surface area contributed by atoms with Gasteiger partial charge in [-0.15, -0.1) is 0 Å². The zero-order valence-electron chi connectivity index (χ0n) is 16.5. The van der Waals surface area contributed by atoms with E-state index in [1.165, 1.54) is 19.3 Å². The van der Waals surface area contributed by atoms with Gasteiger partial charge in [0.05, 0.1) is 31.3 Å². The molecule has 7 heteroatoms. The second-order valence-electron chi connectivity index (χ2n) is 6.87. The summed E-state index contributed by atoms with van der Waals surface area (Å²) in [5.74, 6) is 1.77. The first-order chi connectivity index (χ1) is 13.1. The molecule has 1 aliphatic rings. The fourth-order valence-electron chi connectivity index (χ4n) is 3.00. The maximum absolute atomic E-state index is 9.31. The molecule has 27 heavy (non-hydrogen) atoms. The number of piperidine rings is 1. The van der Waals surface area contributed by atoms with Crippen molar-refractivity contribution in [3.63, 3.8) is 0 Å². The Morgan fingerprint density at radius 2 is 2.22 bits per heavy atom. The number of nitriles is 1. The standard InChI is InChI=1S/C20H30N4O3/c1-24(2)14-23-18-11-20(19(25-3)10-17(18)12-21)27-15-26-9-5-7-16-6-4-8-22-13-16/h10-11,14,16,22H,4-9,13,15H2,1-3H3. The van der Waals surface area contributed by atoms with Crippen molar-refractivity contribution in [3.8, 4) is 17.6 Å². The molecule has 0 aromatic heterocycles. The van der Waals surface area contributed by atoms with Gasteiger partial charge in [0.2, 0.25) is 0 Å². The lowest BCUT2D eigenvalue weighted by molar-refractivity contribution is 0.0108. The Kier molecular flexibility index (Phi) is 8.89. The summed E-state index contributed by atoms with van der Waals surface area (Å²) in [5.41, 5.74) is 0.964. The van der Waals surface area contributed by atoms with Crippen LogP contribution in [-0.4, -0.2) is 58.9 Å². The summed E-state index contributed by atoms with van der Waals surface area (Å²) >= 11 is 0. The highest BCUT2D eigenvalue weighted by Gasteiger charge is 2.13. The fraction of sp³-hybridized carbons (Fsp3) is 0.600. The third-order valence-electron chi connectivity index (χ3n) is 4.43. The summed E-state index contributed by atoms with van der Waals surface area (Å²) in [4.78, 5) is 6.12. The molecular formula is C20H30N4O3. The van der Waals surface area contributed by atoms with E-state index in [0.717, 1.165) is 25.4 Å². The minimum absolute atomic E-state index is 0.141. The molecule has 1 aliphatic heterocycles. The number of aliphatic imine (C=N–C) groups is 1. The van der Waals surface area contributed by atoms with Crippen LogP contribution in [0, 0.1) is 17.2 Å². The van der Waals surface area contributed by atoms with Crippen molar-refractivity contribution in [3.05, 3.63) is 17.7 Å². The molecule has 1 N–H and O–H groups in total. The predicted molar refractivity (Wildman–Crippen MR) is 106 cm³/mol. The summed E-state index contributed by atoms with van der Waals surface area (Å²) in [6, 6.07) is 5.47. The normalized spacial score (nSPS) is 16.9. The van der Waals surface area contributed by atoms with Crippen LogP contribution in [0.15, 0.2) is 17.1 Å². The van der Waals surface area contributed by atoms with Gasteiger partial charge >= 0.3 is 0 Å². The number of ether oxygens (including phenoxy) is 3. The number of hydrogen-bond donors (Lipinski definition) is 1. The van der Waals surface area contributed by atoms with E-state index < -0.39 is 0 Å². The smallest absolute Gasteiger partial charge is 0.189 e. The van der Waals surface area contributed by atoms with Gasteiger partial charge < -0.3 is 24.4 Å². The van der Waals surface area contributed by atoms with Crippen molar-refractivity contribution in [2.24, 2.45) is 10.9 Å². The minimum atomic E-state index is 0.141. The number of rotatable bonds is 10. The number of benzene rings is 1. The summed E-state index contributed by atoms with van der Waals surface area (Å²) in [7, 11) is 5.28. The van der Waals surface area contributed by atoms with E-state index in [-0.39, 0.29) is 6.79 Å². The van der Waals surface area contributed by atoms with E-state index in [1.54, 1.807) is 30.5 Å². The largest absolute Gasteiger partial charge is 0.493 e. The third kappa shape index (κ3) is 7.08. The Morgan fingerprint density at radius 1 is 1.37 bits per heavy atom. The molecule has 1 atom stereocenters. The van der Waals surface area contributed by atoms with Gasteiger partial charge in [0.15, 0.2) is 18.3 Å². The first kappa shape index (κ1) is 21.0. The van der Waals surface area contributed by atoms with Crippen molar-refractivity contribution >= 4 is 12.0 Å². The van der Waals surface area contributed by atoms with E-state index in [2.05, 4.69) is 16.4 Å². The van der Waals surface area contributed by atoms with Crippen LogP contribution >= 0.6 is 0 Å². The maximum Gasteiger partial charge on any atom is 0.189 e. The molecule has 0 bridgehead atoms. The Hall–Kier alpha value is -2.30. The zero-order chi connectivity index (χ0) is 19.5. The molecule has 148 valence electrons. The molecule has 2 rings (SSSR count). The number of nitrogens with one attached hydrogen (secondary N) is 1. The lowest BCUT2D eigenvalue weighted by Crippen LogP contribution is -2.29. The fourth-order valence-corrected chi connectivity index (χ4v) is 3.00. The van der Waals surface area contributed by atoms with Gasteiger partial charge in [0.1, 0.15) is 6.07 Å². The highest BCUT2D eigenvalue weighted by atomic mass is 16.7. The molecule has 0 amide bonds. The van der Waals surface area contributed by atoms with Gasteiger partial charge in [-0.05, 0) is 44.7 Å². The van der Waals surface area contributed by atoms with Crippen LogP contribution in [0.3, 0.4) is 0 Å². The van der Waals surface area contributed by atoms with Crippen molar-refractivity contribution in [1.29, 1.82) is 5.26 Å². The highest BCUT2D eigenvalue weighted by molar-refractivity contribution is 5.68. The minimum Gasteiger partial charge on any atom is -0.493 e. The highest BCUT2D eigenvalue weighted by Crippen LogP contribution is 2.34. The quantitative estimate of drug-likeness (QED) is 0.294.